The molecule has 4 rings (SSSR count). The van der Waals surface area contributed by atoms with E-state index in [-0.39, 0.29) is 16.1 Å². The number of methoxy groups -OCH3 is 2. The van der Waals surface area contributed by atoms with Crippen molar-refractivity contribution in [2.24, 2.45) is 12.0 Å². The Labute approximate surface area is 201 Å². The Bertz CT molecular complexity index is 1550. The Morgan fingerprint density at radius 3 is 2.35 bits per heavy atom. The van der Waals surface area contributed by atoms with Crippen LogP contribution in [-0.4, -0.2) is 33.1 Å². The van der Waals surface area contributed by atoms with Crippen LogP contribution in [-0.2, 0) is 17.1 Å². The first-order valence-corrected chi connectivity index (χ1v) is 12.5. The summed E-state index contributed by atoms with van der Waals surface area (Å²) in [5.74, 6) is 0.783. The van der Waals surface area contributed by atoms with E-state index in [0.29, 0.717) is 16.3 Å². The summed E-state index contributed by atoms with van der Waals surface area (Å²) in [6, 6.07) is 16.3. The van der Waals surface area contributed by atoms with Crippen molar-refractivity contribution in [3.05, 3.63) is 76.6 Å². The minimum atomic E-state index is -3.79. The molecule has 1 amide bonds. The maximum absolute atomic E-state index is 13.0. The number of aryl methyl sites for hydroxylation is 2. The van der Waals surface area contributed by atoms with Gasteiger partial charge in [0, 0.05) is 18.3 Å². The number of ether oxygens (including phenoxy) is 2. The average molecular weight is 498 g/mol. The van der Waals surface area contributed by atoms with Gasteiger partial charge >= 0.3 is 0 Å². The first-order chi connectivity index (χ1) is 16.2. The number of benzene rings is 3. The summed E-state index contributed by atoms with van der Waals surface area (Å²) in [6.07, 6.45) is 0. The van der Waals surface area contributed by atoms with Crippen molar-refractivity contribution >= 4 is 43.2 Å². The van der Waals surface area contributed by atoms with Crippen LogP contribution in [0.4, 0.5) is 5.69 Å². The molecule has 3 aromatic carbocycles. The highest BCUT2D eigenvalue weighted by Gasteiger charge is 2.17. The number of hydrogen-bond donors (Lipinski definition) is 1. The van der Waals surface area contributed by atoms with Crippen molar-refractivity contribution in [1.82, 2.24) is 4.57 Å². The number of nitrogens with one attached hydrogen (secondary N) is 1. The molecule has 0 aliphatic carbocycles. The van der Waals surface area contributed by atoms with E-state index in [2.05, 4.69) is 9.71 Å². The molecular formula is C24H23N3O5S2. The van der Waals surface area contributed by atoms with Gasteiger partial charge in [0.2, 0.25) is 0 Å². The Morgan fingerprint density at radius 2 is 1.68 bits per heavy atom. The second-order valence-corrected chi connectivity index (χ2v) is 10.2. The van der Waals surface area contributed by atoms with E-state index in [0.717, 1.165) is 15.8 Å². The van der Waals surface area contributed by atoms with Gasteiger partial charge in [-0.3, -0.25) is 9.52 Å². The van der Waals surface area contributed by atoms with Crippen molar-refractivity contribution in [1.29, 1.82) is 0 Å². The van der Waals surface area contributed by atoms with Crippen LogP contribution < -0.4 is 19.0 Å². The Morgan fingerprint density at radius 1 is 1.00 bits per heavy atom. The lowest BCUT2D eigenvalue weighted by atomic mass is 10.2. The van der Waals surface area contributed by atoms with Crippen molar-refractivity contribution in [2.45, 2.75) is 11.8 Å². The summed E-state index contributed by atoms with van der Waals surface area (Å²) < 4.78 is 41.4. The lowest BCUT2D eigenvalue weighted by molar-refractivity contribution is 0.0998. The molecular weight excluding hydrogens is 474 g/mol. The molecule has 1 aromatic heterocycles. The molecule has 0 saturated heterocycles. The predicted molar refractivity (Wildman–Crippen MR) is 132 cm³/mol. The van der Waals surface area contributed by atoms with E-state index in [1.807, 2.05) is 6.92 Å². The van der Waals surface area contributed by atoms with Crippen LogP contribution in [0.1, 0.15) is 15.9 Å². The first kappa shape index (κ1) is 23.5. The van der Waals surface area contributed by atoms with Crippen LogP contribution in [0.2, 0.25) is 0 Å². The normalized spacial score (nSPS) is 12.1. The maximum atomic E-state index is 13.0. The van der Waals surface area contributed by atoms with Gasteiger partial charge in [-0.05, 0) is 49.4 Å². The third kappa shape index (κ3) is 4.55. The molecule has 10 heteroatoms. The van der Waals surface area contributed by atoms with E-state index < -0.39 is 15.9 Å². The quantitative estimate of drug-likeness (QED) is 0.432. The number of carbonyl (C=O) groups is 1. The molecule has 34 heavy (non-hydrogen) atoms. The van der Waals surface area contributed by atoms with Gasteiger partial charge in [0.15, 0.2) is 4.80 Å². The Balaban J connectivity index is 1.69. The van der Waals surface area contributed by atoms with Crippen LogP contribution >= 0.6 is 11.3 Å². The fourth-order valence-corrected chi connectivity index (χ4v) is 5.60. The number of sulfonamides is 1. The van der Waals surface area contributed by atoms with Crippen LogP contribution in [0, 0.1) is 6.92 Å². The molecule has 0 atom stereocenters. The third-order valence-electron chi connectivity index (χ3n) is 5.20. The summed E-state index contributed by atoms with van der Waals surface area (Å²) in [4.78, 5) is 17.8. The second kappa shape index (κ2) is 9.32. The molecule has 0 saturated carbocycles. The molecule has 8 nitrogen and oxygen atoms in total. The molecule has 0 fully saturated rings. The highest BCUT2D eigenvalue weighted by Crippen LogP contribution is 2.34. The predicted octanol–water partition coefficient (Wildman–Crippen LogP) is 4.11. The monoisotopic (exact) mass is 497 g/mol. The van der Waals surface area contributed by atoms with E-state index in [9.17, 15) is 13.2 Å². The van der Waals surface area contributed by atoms with Gasteiger partial charge in [-0.2, -0.15) is 4.99 Å². The van der Waals surface area contributed by atoms with Gasteiger partial charge in [0.25, 0.3) is 15.9 Å². The molecule has 0 aliphatic heterocycles. The topological polar surface area (TPSA) is 99.0 Å². The number of thiazole rings is 1. The van der Waals surface area contributed by atoms with E-state index in [4.69, 9.17) is 9.47 Å². The minimum Gasteiger partial charge on any atom is -0.495 e. The summed E-state index contributed by atoms with van der Waals surface area (Å²) in [6.45, 7) is 1.88. The number of amides is 1. The van der Waals surface area contributed by atoms with Crippen molar-refractivity contribution < 1.29 is 22.7 Å². The van der Waals surface area contributed by atoms with Gasteiger partial charge in [-0.25, -0.2) is 8.42 Å². The third-order valence-corrected chi connectivity index (χ3v) is 7.75. The molecule has 1 heterocycles. The van der Waals surface area contributed by atoms with Crippen molar-refractivity contribution in [3.8, 4) is 11.5 Å². The zero-order chi connectivity index (χ0) is 24.5. The smallest absolute Gasteiger partial charge is 0.279 e. The second-order valence-electron chi connectivity index (χ2n) is 7.51. The first-order valence-electron chi connectivity index (χ1n) is 10.2. The van der Waals surface area contributed by atoms with Crippen LogP contribution in [0.25, 0.3) is 10.2 Å². The number of fused-ring (bicyclic) bond motifs is 1. The highest BCUT2D eigenvalue weighted by atomic mass is 32.2. The fourth-order valence-electron chi connectivity index (χ4n) is 3.43. The van der Waals surface area contributed by atoms with Gasteiger partial charge in [0.05, 0.1) is 19.1 Å². The van der Waals surface area contributed by atoms with Gasteiger partial charge in [-0.1, -0.05) is 35.1 Å². The number of hydrogen-bond acceptors (Lipinski definition) is 6. The van der Waals surface area contributed by atoms with E-state index >= 15 is 0 Å². The number of aromatic nitrogens is 1. The molecule has 176 valence electrons. The average Bonchev–Trinajstić information content (AvgIpc) is 3.14. The highest BCUT2D eigenvalue weighted by molar-refractivity contribution is 7.92. The molecule has 0 radical (unpaired) electrons. The van der Waals surface area contributed by atoms with Gasteiger partial charge in [-0.15, -0.1) is 0 Å². The van der Waals surface area contributed by atoms with Crippen LogP contribution in [0.15, 0.2) is 70.6 Å². The molecule has 0 aliphatic rings. The minimum absolute atomic E-state index is 0.139. The van der Waals surface area contributed by atoms with Crippen LogP contribution in [0.3, 0.4) is 0 Å². The SMILES string of the molecule is COc1ccc(OC)c2c1sc(=NC(=O)c1cccc(NS(=O)(=O)c3ccc(C)cc3)c1)n2C. The molecule has 0 unspecified atom stereocenters. The Hall–Kier alpha value is -3.63. The van der Waals surface area contributed by atoms with Crippen molar-refractivity contribution in [2.75, 3.05) is 18.9 Å². The number of carbonyl (C=O) groups excluding carboxylic acids is 1. The summed E-state index contributed by atoms with van der Waals surface area (Å²) in [5.41, 5.74) is 2.24. The van der Waals surface area contributed by atoms with E-state index in [1.165, 1.54) is 29.5 Å². The summed E-state index contributed by atoms with van der Waals surface area (Å²) in [7, 11) is 1.15. The number of rotatable bonds is 6. The molecule has 0 spiro atoms. The van der Waals surface area contributed by atoms with Crippen molar-refractivity contribution in [3.63, 3.8) is 0 Å². The lowest BCUT2D eigenvalue weighted by Gasteiger charge is -2.09. The van der Waals surface area contributed by atoms with Gasteiger partial charge < -0.3 is 14.0 Å². The zero-order valence-electron chi connectivity index (χ0n) is 19.0. The van der Waals surface area contributed by atoms with E-state index in [1.54, 1.807) is 68.3 Å². The maximum Gasteiger partial charge on any atom is 0.279 e. The molecule has 4 aromatic rings. The zero-order valence-corrected chi connectivity index (χ0v) is 20.7. The van der Waals surface area contributed by atoms with Gasteiger partial charge in [0.1, 0.15) is 21.7 Å². The number of nitrogens with zero attached hydrogens (tertiary/aromatic N) is 2. The fraction of sp³-hybridized carbons (Fsp3) is 0.167. The summed E-state index contributed by atoms with van der Waals surface area (Å²) >= 11 is 1.30. The van der Waals surface area contributed by atoms with Crippen LogP contribution in [0.5, 0.6) is 11.5 Å². The molecule has 0 bridgehead atoms. The largest absolute Gasteiger partial charge is 0.495 e. The summed E-state index contributed by atoms with van der Waals surface area (Å²) in [5, 5.41) is 0. The lowest BCUT2D eigenvalue weighted by Crippen LogP contribution is -2.15. The Kier molecular flexibility index (Phi) is 6.45. The standard InChI is InChI=1S/C24H23N3O5S2/c1-15-8-10-18(11-9-15)34(29,30)26-17-7-5-6-16(14-17)23(28)25-24-27(2)21-19(31-3)12-13-20(32-4)22(21)33-24/h5-14,26H,1-4H3. The molecule has 1 N–H and O–H groups in total. The number of anilines is 1.